The molecule has 2 heterocycles. The molecule has 26 heavy (non-hydrogen) atoms. The summed E-state index contributed by atoms with van der Waals surface area (Å²) in [6.07, 6.45) is 5.44. The molecule has 0 unspecified atom stereocenters. The van der Waals surface area contributed by atoms with E-state index in [0.29, 0.717) is 23.0 Å². The summed E-state index contributed by atoms with van der Waals surface area (Å²) in [4.78, 5) is 18.9. The van der Waals surface area contributed by atoms with Crippen LogP contribution < -0.4 is 14.8 Å². The number of piperidine rings is 1. The van der Waals surface area contributed by atoms with Gasteiger partial charge < -0.3 is 19.7 Å². The minimum absolute atomic E-state index is 0.0420. The summed E-state index contributed by atoms with van der Waals surface area (Å²) >= 11 is 0. The number of pyridine rings is 1. The summed E-state index contributed by atoms with van der Waals surface area (Å²) < 4.78 is 10.6. The first-order valence-corrected chi connectivity index (χ1v) is 8.84. The van der Waals surface area contributed by atoms with E-state index in [-0.39, 0.29) is 5.91 Å². The molecule has 0 aliphatic carbocycles. The van der Waals surface area contributed by atoms with Crippen LogP contribution >= 0.6 is 0 Å². The Morgan fingerprint density at radius 1 is 1.08 bits per heavy atom. The highest BCUT2D eigenvalue weighted by molar-refractivity contribution is 5.95. The molecule has 1 fully saturated rings. The van der Waals surface area contributed by atoms with Gasteiger partial charge in [0.05, 0.1) is 31.7 Å². The smallest absolute Gasteiger partial charge is 0.255 e. The molecule has 1 aromatic carbocycles. The summed E-state index contributed by atoms with van der Waals surface area (Å²) in [7, 11) is 3.20. The van der Waals surface area contributed by atoms with Gasteiger partial charge in [-0.05, 0) is 37.0 Å². The highest BCUT2D eigenvalue weighted by Gasteiger charge is 2.21. The maximum absolute atomic E-state index is 12.7. The second-order valence-corrected chi connectivity index (χ2v) is 6.63. The lowest BCUT2D eigenvalue weighted by Gasteiger charge is -2.30. The molecular formula is C20H25N3O3. The first kappa shape index (κ1) is 18.0. The number of nitrogens with zero attached hydrogens (tertiary/aromatic N) is 2. The normalized spacial score (nSPS) is 14.8. The van der Waals surface area contributed by atoms with Gasteiger partial charge in [-0.25, -0.2) is 0 Å². The van der Waals surface area contributed by atoms with E-state index in [2.05, 4.69) is 17.2 Å². The van der Waals surface area contributed by atoms with Crippen LogP contribution in [0.25, 0.3) is 0 Å². The van der Waals surface area contributed by atoms with Crippen LogP contribution in [-0.4, -0.2) is 43.1 Å². The van der Waals surface area contributed by atoms with Crippen LogP contribution in [0.3, 0.4) is 0 Å². The van der Waals surface area contributed by atoms with Crippen molar-refractivity contribution in [2.75, 3.05) is 32.6 Å². The Kier molecular flexibility index (Phi) is 5.61. The second-order valence-electron chi connectivity index (χ2n) is 6.63. The lowest BCUT2D eigenvalue weighted by Crippen LogP contribution is -2.37. The van der Waals surface area contributed by atoms with Gasteiger partial charge >= 0.3 is 0 Å². The number of rotatable bonds is 5. The molecule has 1 aromatic heterocycles. The lowest BCUT2D eigenvalue weighted by molar-refractivity contribution is 0.0697. The molecule has 6 nitrogen and oxygen atoms in total. The Hall–Kier alpha value is -2.76. The van der Waals surface area contributed by atoms with Crippen molar-refractivity contribution in [1.82, 2.24) is 9.88 Å². The average molecular weight is 355 g/mol. The number of amides is 1. The SMILES string of the molecule is COc1ccc(Nc2cncc(C(=O)N3CCC(C)CC3)c2)cc1OC. The third-order valence-corrected chi connectivity index (χ3v) is 4.73. The van der Waals surface area contributed by atoms with Crippen molar-refractivity contribution < 1.29 is 14.3 Å². The van der Waals surface area contributed by atoms with E-state index in [1.54, 1.807) is 26.6 Å². The standard InChI is InChI=1S/C20H25N3O3/c1-14-6-8-23(9-7-14)20(24)15-10-17(13-21-12-15)22-16-4-5-18(25-2)19(11-16)26-3/h4-5,10-14,22H,6-9H2,1-3H3. The van der Waals surface area contributed by atoms with Gasteiger partial charge in [0.2, 0.25) is 0 Å². The van der Waals surface area contributed by atoms with Gasteiger partial charge in [-0.15, -0.1) is 0 Å². The number of aromatic nitrogens is 1. The van der Waals surface area contributed by atoms with Crippen LogP contribution in [0.5, 0.6) is 11.5 Å². The average Bonchev–Trinajstić information content (AvgIpc) is 2.68. The Morgan fingerprint density at radius 3 is 2.50 bits per heavy atom. The van der Waals surface area contributed by atoms with Crippen LogP contribution in [0.15, 0.2) is 36.7 Å². The van der Waals surface area contributed by atoms with Gasteiger partial charge in [0.1, 0.15) is 0 Å². The predicted molar refractivity (Wildman–Crippen MR) is 101 cm³/mol. The molecule has 0 bridgehead atoms. The van der Waals surface area contributed by atoms with Crippen LogP contribution in [0.4, 0.5) is 11.4 Å². The number of ether oxygens (including phenoxy) is 2. The van der Waals surface area contributed by atoms with E-state index in [4.69, 9.17) is 9.47 Å². The molecule has 138 valence electrons. The van der Waals surface area contributed by atoms with Crippen LogP contribution in [0.1, 0.15) is 30.1 Å². The summed E-state index contributed by atoms with van der Waals surface area (Å²) in [5.74, 6) is 2.04. The zero-order chi connectivity index (χ0) is 18.5. The van der Waals surface area contributed by atoms with Gasteiger partial charge in [0, 0.05) is 31.0 Å². The van der Waals surface area contributed by atoms with Crippen molar-refractivity contribution in [3.05, 3.63) is 42.2 Å². The van der Waals surface area contributed by atoms with E-state index in [9.17, 15) is 4.79 Å². The van der Waals surface area contributed by atoms with Gasteiger partial charge in [-0.3, -0.25) is 9.78 Å². The molecule has 1 saturated heterocycles. The molecule has 0 saturated carbocycles. The quantitative estimate of drug-likeness (QED) is 0.886. The fraction of sp³-hybridized carbons (Fsp3) is 0.400. The number of carbonyl (C=O) groups is 1. The number of hydrogen-bond donors (Lipinski definition) is 1. The molecule has 3 rings (SSSR count). The van der Waals surface area contributed by atoms with Crippen LogP contribution in [0, 0.1) is 5.92 Å². The third-order valence-electron chi connectivity index (χ3n) is 4.73. The monoisotopic (exact) mass is 355 g/mol. The molecule has 0 radical (unpaired) electrons. The molecule has 1 amide bonds. The highest BCUT2D eigenvalue weighted by Crippen LogP contribution is 2.31. The Morgan fingerprint density at radius 2 is 1.81 bits per heavy atom. The number of anilines is 2. The maximum atomic E-state index is 12.7. The first-order chi connectivity index (χ1) is 12.6. The van der Waals surface area contributed by atoms with E-state index in [1.807, 2.05) is 29.2 Å². The number of nitrogens with one attached hydrogen (secondary N) is 1. The fourth-order valence-corrected chi connectivity index (χ4v) is 3.10. The predicted octanol–water partition coefficient (Wildman–Crippen LogP) is 3.71. The first-order valence-electron chi connectivity index (χ1n) is 8.84. The van der Waals surface area contributed by atoms with Gasteiger partial charge in [-0.1, -0.05) is 6.92 Å². The zero-order valence-corrected chi connectivity index (χ0v) is 15.5. The molecule has 1 N–H and O–H groups in total. The number of hydrogen-bond acceptors (Lipinski definition) is 5. The number of carbonyl (C=O) groups excluding carboxylic acids is 1. The Bertz CT molecular complexity index is 771. The van der Waals surface area contributed by atoms with E-state index < -0.39 is 0 Å². The van der Waals surface area contributed by atoms with Crippen LogP contribution in [-0.2, 0) is 0 Å². The van der Waals surface area contributed by atoms with Crippen molar-refractivity contribution >= 4 is 17.3 Å². The minimum atomic E-state index is 0.0420. The molecule has 6 heteroatoms. The summed E-state index contributed by atoms with van der Waals surface area (Å²) in [5, 5.41) is 3.27. The van der Waals surface area contributed by atoms with Crippen molar-refractivity contribution in [2.24, 2.45) is 5.92 Å². The van der Waals surface area contributed by atoms with Crippen molar-refractivity contribution in [3.63, 3.8) is 0 Å². The van der Waals surface area contributed by atoms with Gasteiger partial charge in [-0.2, -0.15) is 0 Å². The van der Waals surface area contributed by atoms with Crippen molar-refractivity contribution in [2.45, 2.75) is 19.8 Å². The summed E-state index contributed by atoms with van der Waals surface area (Å²) in [6.45, 7) is 3.86. The number of methoxy groups -OCH3 is 2. The molecule has 2 aromatic rings. The Balaban J connectivity index is 1.74. The molecule has 0 spiro atoms. The highest BCUT2D eigenvalue weighted by atomic mass is 16.5. The molecule has 1 aliphatic rings. The lowest BCUT2D eigenvalue weighted by atomic mass is 9.99. The van der Waals surface area contributed by atoms with E-state index in [0.717, 1.165) is 37.3 Å². The third kappa shape index (κ3) is 4.07. The topological polar surface area (TPSA) is 63.7 Å². The molecular weight excluding hydrogens is 330 g/mol. The Labute approximate surface area is 154 Å². The molecule has 1 aliphatic heterocycles. The number of benzene rings is 1. The van der Waals surface area contributed by atoms with E-state index >= 15 is 0 Å². The zero-order valence-electron chi connectivity index (χ0n) is 15.5. The number of likely N-dealkylation sites (tertiary alicyclic amines) is 1. The fourth-order valence-electron chi connectivity index (χ4n) is 3.10. The largest absolute Gasteiger partial charge is 0.493 e. The van der Waals surface area contributed by atoms with Gasteiger partial charge in [0.15, 0.2) is 11.5 Å². The summed E-state index contributed by atoms with van der Waals surface area (Å²) in [5.41, 5.74) is 2.19. The summed E-state index contributed by atoms with van der Waals surface area (Å²) in [6, 6.07) is 7.41. The van der Waals surface area contributed by atoms with E-state index in [1.165, 1.54) is 0 Å². The van der Waals surface area contributed by atoms with Crippen LogP contribution in [0.2, 0.25) is 0 Å². The second kappa shape index (κ2) is 8.08. The maximum Gasteiger partial charge on any atom is 0.255 e. The minimum Gasteiger partial charge on any atom is -0.493 e. The van der Waals surface area contributed by atoms with Crippen molar-refractivity contribution in [1.29, 1.82) is 0 Å². The van der Waals surface area contributed by atoms with Crippen molar-refractivity contribution in [3.8, 4) is 11.5 Å². The van der Waals surface area contributed by atoms with Gasteiger partial charge in [0.25, 0.3) is 5.91 Å². The molecule has 0 atom stereocenters.